The Morgan fingerprint density at radius 3 is 2.81 bits per heavy atom. The molecule has 0 bridgehead atoms. The van der Waals surface area contributed by atoms with Gasteiger partial charge in [0.05, 0.1) is 5.92 Å². The van der Waals surface area contributed by atoms with Crippen LogP contribution in [-0.4, -0.2) is 12.3 Å². The molecule has 0 aromatic rings. The van der Waals surface area contributed by atoms with Gasteiger partial charge in [-0.2, -0.15) is 0 Å². The normalized spacial score (nSPS) is 23.6. The standard InChI is InChI=1S/C13H18O3/c1-5-12(15)16-11-7-13(3,4)6-9(2)10(11)8-14/h7-8,10H,2,5-6H2,1,3-4H3. The van der Waals surface area contributed by atoms with Crippen molar-refractivity contribution in [2.75, 3.05) is 0 Å². The first-order valence-electron chi connectivity index (χ1n) is 5.46. The molecule has 0 radical (unpaired) electrons. The highest BCUT2D eigenvalue weighted by atomic mass is 16.5. The number of rotatable bonds is 3. The van der Waals surface area contributed by atoms with Crippen LogP contribution in [0.1, 0.15) is 33.6 Å². The zero-order valence-electron chi connectivity index (χ0n) is 10.1. The van der Waals surface area contributed by atoms with Crippen molar-refractivity contribution < 1.29 is 14.3 Å². The molecular formula is C13H18O3. The predicted octanol–water partition coefficient (Wildman–Crippen LogP) is 2.62. The van der Waals surface area contributed by atoms with E-state index in [0.29, 0.717) is 12.2 Å². The van der Waals surface area contributed by atoms with Crippen molar-refractivity contribution in [3.05, 3.63) is 24.0 Å². The van der Waals surface area contributed by atoms with E-state index in [1.807, 2.05) is 19.9 Å². The zero-order valence-corrected chi connectivity index (χ0v) is 10.1. The monoisotopic (exact) mass is 222 g/mol. The molecule has 0 aliphatic heterocycles. The molecule has 1 unspecified atom stereocenters. The molecule has 3 nitrogen and oxygen atoms in total. The van der Waals surface area contributed by atoms with Gasteiger partial charge < -0.3 is 9.53 Å². The van der Waals surface area contributed by atoms with Crippen molar-refractivity contribution in [1.29, 1.82) is 0 Å². The SMILES string of the molecule is C=C1CC(C)(C)C=C(OC(=O)CC)C1C=O. The Morgan fingerprint density at radius 1 is 1.69 bits per heavy atom. The van der Waals surface area contributed by atoms with Gasteiger partial charge in [0.1, 0.15) is 12.0 Å². The summed E-state index contributed by atoms with van der Waals surface area (Å²) in [5, 5.41) is 0. The van der Waals surface area contributed by atoms with Gasteiger partial charge in [-0.15, -0.1) is 0 Å². The third-order valence-corrected chi connectivity index (χ3v) is 2.62. The largest absolute Gasteiger partial charge is 0.430 e. The highest BCUT2D eigenvalue weighted by molar-refractivity contribution is 5.72. The summed E-state index contributed by atoms with van der Waals surface area (Å²) in [6.45, 7) is 9.66. The lowest BCUT2D eigenvalue weighted by Gasteiger charge is -2.31. The van der Waals surface area contributed by atoms with Crippen LogP contribution in [-0.2, 0) is 14.3 Å². The second-order valence-corrected chi connectivity index (χ2v) is 4.81. The van der Waals surface area contributed by atoms with Gasteiger partial charge in [-0.3, -0.25) is 4.79 Å². The van der Waals surface area contributed by atoms with Crippen molar-refractivity contribution in [3.63, 3.8) is 0 Å². The van der Waals surface area contributed by atoms with Gasteiger partial charge in [-0.25, -0.2) is 0 Å². The summed E-state index contributed by atoms with van der Waals surface area (Å²) in [5.41, 5.74) is 0.696. The van der Waals surface area contributed by atoms with Crippen LogP contribution < -0.4 is 0 Å². The summed E-state index contributed by atoms with van der Waals surface area (Å²) in [4.78, 5) is 22.2. The lowest BCUT2D eigenvalue weighted by atomic mass is 9.75. The number of carbonyl (C=O) groups excluding carboxylic acids is 2. The molecule has 1 rings (SSSR count). The van der Waals surface area contributed by atoms with Gasteiger partial charge in [0.2, 0.25) is 0 Å². The van der Waals surface area contributed by atoms with Gasteiger partial charge in [-0.05, 0) is 17.9 Å². The van der Waals surface area contributed by atoms with Crippen LogP contribution in [0.3, 0.4) is 0 Å². The van der Waals surface area contributed by atoms with E-state index in [9.17, 15) is 9.59 Å². The molecule has 3 heteroatoms. The van der Waals surface area contributed by atoms with Crippen molar-refractivity contribution in [3.8, 4) is 0 Å². The number of ether oxygens (including phenoxy) is 1. The highest BCUT2D eigenvalue weighted by Gasteiger charge is 2.32. The second kappa shape index (κ2) is 4.64. The Balaban J connectivity index is 2.99. The van der Waals surface area contributed by atoms with Gasteiger partial charge in [0.25, 0.3) is 0 Å². The van der Waals surface area contributed by atoms with Crippen molar-refractivity contribution in [2.24, 2.45) is 11.3 Å². The van der Waals surface area contributed by atoms with Crippen LogP contribution in [0.25, 0.3) is 0 Å². The van der Waals surface area contributed by atoms with Crippen LogP contribution in [0.4, 0.5) is 0 Å². The Morgan fingerprint density at radius 2 is 2.31 bits per heavy atom. The van der Waals surface area contributed by atoms with Crippen molar-refractivity contribution in [1.82, 2.24) is 0 Å². The Hall–Kier alpha value is -1.38. The van der Waals surface area contributed by atoms with Crippen LogP contribution >= 0.6 is 0 Å². The summed E-state index contributed by atoms with van der Waals surface area (Å²) < 4.78 is 5.18. The molecule has 0 spiro atoms. The summed E-state index contributed by atoms with van der Waals surface area (Å²) in [5.74, 6) is -0.352. The Labute approximate surface area is 96.2 Å². The number of carbonyl (C=O) groups is 2. The first-order valence-corrected chi connectivity index (χ1v) is 5.46. The third-order valence-electron chi connectivity index (χ3n) is 2.62. The van der Waals surface area contributed by atoms with E-state index in [2.05, 4.69) is 6.58 Å². The molecule has 1 atom stereocenters. The van der Waals surface area contributed by atoms with E-state index in [-0.39, 0.29) is 11.4 Å². The van der Waals surface area contributed by atoms with Gasteiger partial charge in [-0.1, -0.05) is 32.9 Å². The van der Waals surface area contributed by atoms with Gasteiger partial charge >= 0.3 is 5.97 Å². The van der Waals surface area contributed by atoms with E-state index in [0.717, 1.165) is 18.3 Å². The van der Waals surface area contributed by atoms with Crippen LogP contribution in [0.15, 0.2) is 24.0 Å². The number of hydrogen-bond donors (Lipinski definition) is 0. The molecule has 0 saturated heterocycles. The lowest BCUT2D eigenvalue weighted by molar-refractivity contribution is -0.140. The summed E-state index contributed by atoms with van der Waals surface area (Å²) >= 11 is 0. The molecule has 0 aromatic heterocycles. The summed E-state index contributed by atoms with van der Waals surface area (Å²) in [6, 6.07) is 0. The molecule has 0 N–H and O–H groups in total. The molecular weight excluding hydrogens is 204 g/mol. The van der Waals surface area contributed by atoms with E-state index >= 15 is 0 Å². The maximum absolute atomic E-state index is 11.3. The van der Waals surface area contributed by atoms with Crippen LogP contribution in [0.2, 0.25) is 0 Å². The number of esters is 1. The maximum Gasteiger partial charge on any atom is 0.310 e. The summed E-state index contributed by atoms with van der Waals surface area (Å²) in [6.07, 6.45) is 3.68. The van der Waals surface area contributed by atoms with E-state index in [1.165, 1.54) is 0 Å². The van der Waals surface area contributed by atoms with Crippen molar-refractivity contribution in [2.45, 2.75) is 33.6 Å². The zero-order chi connectivity index (χ0) is 12.3. The Kier molecular flexibility index (Phi) is 3.68. The first-order chi connectivity index (χ1) is 7.39. The third kappa shape index (κ3) is 2.81. The number of allylic oxidation sites excluding steroid dienone is 2. The molecule has 0 heterocycles. The van der Waals surface area contributed by atoms with Gasteiger partial charge in [0.15, 0.2) is 0 Å². The minimum absolute atomic E-state index is 0.111. The van der Waals surface area contributed by atoms with Gasteiger partial charge in [0, 0.05) is 6.42 Å². The van der Waals surface area contributed by atoms with E-state index in [1.54, 1.807) is 6.92 Å². The smallest absolute Gasteiger partial charge is 0.310 e. The topological polar surface area (TPSA) is 43.4 Å². The van der Waals surface area contributed by atoms with Crippen LogP contribution in [0, 0.1) is 11.3 Å². The molecule has 0 fully saturated rings. The van der Waals surface area contributed by atoms with E-state index < -0.39 is 5.92 Å². The molecule has 0 saturated carbocycles. The average Bonchev–Trinajstić information content (AvgIpc) is 2.15. The summed E-state index contributed by atoms with van der Waals surface area (Å²) in [7, 11) is 0. The molecule has 1 aliphatic carbocycles. The molecule has 16 heavy (non-hydrogen) atoms. The average molecular weight is 222 g/mol. The molecule has 1 aliphatic rings. The quantitative estimate of drug-likeness (QED) is 0.419. The molecule has 88 valence electrons. The lowest BCUT2D eigenvalue weighted by Crippen LogP contribution is -2.25. The fraction of sp³-hybridized carbons (Fsp3) is 0.538. The highest BCUT2D eigenvalue weighted by Crippen LogP contribution is 2.39. The molecule has 0 aromatic carbocycles. The van der Waals surface area contributed by atoms with E-state index in [4.69, 9.17) is 4.74 Å². The number of hydrogen-bond acceptors (Lipinski definition) is 3. The minimum atomic E-state index is -0.469. The van der Waals surface area contributed by atoms with Crippen molar-refractivity contribution >= 4 is 12.3 Å². The molecule has 0 amide bonds. The fourth-order valence-electron chi connectivity index (χ4n) is 1.88. The Bertz CT molecular complexity index is 350. The fourth-order valence-corrected chi connectivity index (χ4v) is 1.88. The van der Waals surface area contributed by atoms with Crippen LogP contribution in [0.5, 0.6) is 0 Å². The second-order valence-electron chi connectivity index (χ2n) is 4.81. The maximum atomic E-state index is 11.3. The minimum Gasteiger partial charge on any atom is -0.430 e. The number of aldehydes is 1. The predicted molar refractivity (Wildman–Crippen MR) is 61.6 cm³/mol. The first kappa shape index (κ1) is 12.7.